The van der Waals surface area contributed by atoms with Crippen LogP contribution in [-0.4, -0.2) is 41.2 Å². The Labute approximate surface area is 123 Å². The topological polar surface area (TPSA) is 118 Å². The molecule has 112 valence electrons. The number of thiocarbonyl (C=S) groups is 1. The zero-order chi connectivity index (χ0) is 15.4. The number of rotatable bonds is 7. The molecule has 1 rings (SSSR count). The van der Waals surface area contributed by atoms with E-state index in [1.807, 2.05) is 0 Å². The Morgan fingerprint density at radius 2 is 1.85 bits per heavy atom. The van der Waals surface area contributed by atoms with Gasteiger partial charge in [-0.15, -0.1) is 0 Å². The summed E-state index contributed by atoms with van der Waals surface area (Å²) in [6, 6.07) is 5.98. The van der Waals surface area contributed by atoms with Crippen molar-refractivity contribution in [3.8, 4) is 0 Å². The molecule has 0 aliphatic heterocycles. The Morgan fingerprint density at radius 1 is 1.25 bits per heavy atom. The van der Waals surface area contributed by atoms with E-state index in [2.05, 4.69) is 9.44 Å². The lowest BCUT2D eigenvalue weighted by atomic mass is 10.2. The molecule has 0 spiro atoms. The van der Waals surface area contributed by atoms with Crippen molar-refractivity contribution in [2.45, 2.75) is 4.90 Å². The molecule has 0 aromatic heterocycles. The molecule has 0 saturated carbocycles. The fourth-order valence-corrected chi connectivity index (χ4v) is 3.59. The minimum atomic E-state index is -3.88. The van der Waals surface area contributed by atoms with Gasteiger partial charge in [-0.3, -0.25) is 0 Å². The van der Waals surface area contributed by atoms with Crippen molar-refractivity contribution in [3.05, 3.63) is 29.8 Å². The van der Waals surface area contributed by atoms with Crippen LogP contribution in [0.1, 0.15) is 5.56 Å². The number of sulfonamides is 2. The molecule has 10 heteroatoms. The predicted molar refractivity (Wildman–Crippen MR) is 80.4 cm³/mol. The molecule has 0 radical (unpaired) electrons. The molecule has 0 atom stereocenters. The number of nitrogens with two attached hydrogens (primary N) is 1. The van der Waals surface area contributed by atoms with E-state index >= 15 is 0 Å². The van der Waals surface area contributed by atoms with Crippen molar-refractivity contribution in [2.75, 3.05) is 19.3 Å². The first kappa shape index (κ1) is 17.0. The number of hydrogen-bond acceptors (Lipinski definition) is 5. The van der Waals surface area contributed by atoms with Crippen LogP contribution in [0.2, 0.25) is 0 Å². The second-order valence-corrected chi connectivity index (χ2v) is 8.00. The predicted octanol–water partition coefficient (Wildman–Crippen LogP) is -0.852. The highest BCUT2D eigenvalue weighted by Gasteiger charge is 2.19. The van der Waals surface area contributed by atoms with Crippen LogP contribution in [0, 0.1) is 0 Å². The van der Waals surface area contributed by atoms with Gasteiger partial charge in [0.2, 0.25) is 20.0 Å². The van der Waals surface area contributed by atoms with Gasteiger partial charge in [-0.25, -0.2) is 26.3 Å². The van der Waals surface area contributed by atoms with E-state index in [4.69, 9.17) is 18.0 Å². The monoisotopic (exact) mass is 337 g/mol. The van der Waals surface area contributed by atoms with Crippen LogP contribution in [0.4, 0.5) is 0 Å². The van der Waals surface area contributed by atoms with Gasteiger partial charge >= 0.3 is 0 Å². The summed E-state index contributed by atoms with van der Waals surface area (Å²) in [5.41, 5.74) is 5.68. The Bertz CT molecular complexity index is 698. The Balaban J connectivity index is 2.93. The lowest BCUT2D eigenvalue weighted by Gasteiger charge is -2.10. The highest BCUT2D eigenvalue weighted by Crippen LogP contribution is 2.14. The van der Waals surface area contributed by atoms with Gasteiger partial charge in [0.15, 0.2) is 0 Å². The molecular weight excluding hydrogens is 322 g/mol. The summed E-state index contributed by atoms with van der Waals surface area (Å²) in [6.07, 6.45) is 0. The summed E-state index contributed by atoms with van der Waals surface area (Å²) in [5.74, 6) is -0.363. The molecule has 20 heavy (non-hydrogen) atoms. The average Bonchev–Trinajstić information content (AvgIpc) is 2.38. The van der Waals surface area contributed by atoms with Crippen molar-refractivity contribution in [1.29, 1.82) is 0 Å². The lowest BCUT2D eigenvalue weighted by molar-refractivity contribution is 0.578. The summed E-state index contributed by atoms with van der Waals surface area (Å²) >= 11 is 4.79. The quantitative estimate of drug-likeness (QED) is 0.558. The van der Waals surface area contributed by atoms with E-state index in [1.165, 1.54) is 25.2 Å². The molecule has 1 aromatic carbocycles. The summed E-state index contributed by atoms with van der Waals surface area (Å²) in [6.45, 7) is -0.253. The smallest absolute Gasteiger partial charge is 0.241 e. The maximum absolute atomic E-state index is 12.1. The average molecular weight is 337 g/mol. The fraction of sp³-hybridized carbons (Fsp3) is 0.300. The Morgan fingerprint density at radius 3 is 2.40 bits per heavy atom. The molecule has 0 amide bonds. The molecule has 0 fully saturated rings. The largest absolute Gasteiger partial charge is 0.389 e. The normalized spacial score (nSPS) is 12.2. The van der Waals surface area contributed by atoms with Gasteiger partial charge in [0.05, 0.1) is 10.6 Å². The lowest BCUT2D eigenvalue weighted by Crippen LogP contribution is -2.33. The molecule has 0 unspecified atom stereocenters. The van der Waals surface area contributed by atoms with Gasteiger partial charge in [-0.2, -0.15) is 0 Å². The van der Waals surface area contributed by atoms with Gasteiger partial charge < -0.3 is 5.73 Å². The van der Waals surface area contributed by atoms with Crippen LogP contribution in [0.15, 0.2) is 29.2 Å². The first-order valence-electron chi connectivity index (χ1n) is 5.49. The minimum absolute atomic E-state index is 0.0474. The SMILES string of the molecule is CNS(=O)(=O)CCNS(=O)(=O)c1ccccc1C(N)=S. The molecule has 1 aromatic rings. The second kappa shape index (κ2) is 6.59. The van der Waals surface area contributed by atoms with Gasteiger partial charge in [-0.05, 0) is 13.1 Å². The zero-order valence-electron chi connectivity index (χ0n) is 10.7. The van der Waals surface area contributed by atoms with E-state index < -0.39 is 20.0 Å². The molecule has 0 heterocycles. The molecule has 0 bridgehead atoms. The first-order valence-corrected chi connectivity index (χ1v) is 9.04. The highest BCUT2D eigenvalue weighted by molar-refractivity contribution is 7.90. The van der Waals surface area contributed by atoms with Gasteiger partial charge in [0.1, 0.15) is 4.99 Å². The molecule has 4 N–H and O–H groups in total. The molecule has 7 nitrogen and oxygen atoms in total. The third kappa shape index (κ3) is 4.49. The van der Waals surface area contributed by atoms with Crippen LogP contribution >= 0.6 is 12.2 Å². The number of benzene rings is 1. The van der Waals surface area contributed by atoms with E-state index in [9.17, 15) is 16.8 Å². The molecule has 0 saturated heterocycles. The minimum Gasteiger partial charge on any atom is -0.389 e. The third-order valence-corrected chi connectivity index (χ3v) is 5.52. The fourth-order valence-electron chi connectivity index (χ4n) is 1.39. The maximum atomic E-state index is 12.1. The van der Waals surface area contributed by atoms with Crippen LogP contribution < -0.4 is 15.2 Å². The van der Waals surface area contributed by atoms with Crippen LogP contribution in [-0.2, 0) is 20.0 Å². The summed E-state index contributed by atoms with van der Waals surface area (Å²) < 4.78 is 50.9. The summed E-state index contributed by atoms with van der Waals surface area (Å²) in [4.78, 5) is -0.122. The number of nitrogens with one attached hydrogen (secondary N) is 2. The number of hydrogen-bond donors (Lipinski definition) is 3. The van der Waals surface area contributed by atoms with Gasteiger partial charge in [0.25, 0.3) is 0 Å². The zero-order valence-corrected chi connectivity index (χ0v) is 13.1. The first-order chi connectivity index (χ1) is 9.19. The standard InChI is InChI=1S/C10H15N3O4S3/c1-12-19(14,15)7-6-13-20(16,17)9-5-3-2-4-8(9)10(11)18/h2-5,12-13H,6-7H2,1H3,(H2,11,18). The van der Waals surface area contributed by atoms with Crippen molar-refractivity contribution >= 4 is 37.3 Å². The van der Waals surface area contributed by atoms with Crippen molar-refractivity contribution in [1.82, 2.24) is 9.44 Å². The molecular formula is C10H15N3O4S3. The second-order valence-electron chi connectivity index (χ2n) is 3.78. The van der Waals surface area contributed by atoms with E-state index in [1.54, 1.807) is 6.07 Å². The summed E-state index contributed by atoms with van der Waals surface area (Å²) in [7, 11) is -6.10. The van der Waals surface area contributed by atoms with Crippen LogP contribution in [0.25, 0.3) is 0 Å². The van der Waals surface area contributed by atoms with Crippen molar-refractivity contribution in [3.63, 3.8) is 0 Å². The summed E-state index contributed by atoms with van der Waals surface area (Å²) in [5, 5.41) is 0. The van der Waals surface area contributed by atoms with E-state index in [0.717, 1.165) is 0 Å². The van der Waals surface area contributed by atoms with Gasteiger partial charge in [-0.1, -0.05) is 30.4 Å². The van der Waals surface area contributed by atoms with Crippen molar-refractivity contribution < 1.29 is 16.8 Å². The Kier molecular flexibility index (Phi) is 5.59. The third-order valence-electron chi connectivity index (χ3n) is 2.42. The van der Waals surface area contributed by atoms with E-state index in [-0.39, 0.29) is 27.7 Å². The van der Waals surface area contributed by atoms with Gasteiger partial charge in [0, 0.05) is 12.1 Å². The van der Waals surface area contributed by atoms with Crippen LogP contribution in [0.3, 0.4) is 0 Å². The van der Waals surface area contributed by atoms with Crippen LogP contribution in [0.5, 0.6) is 0 Å². The maximum Gasteiger partial charge on any atom is 0.241 e. The molecule has 0 aliphatic carbocycles. The van der Waals surface area contributed by atoms with E-state index in [0.29, 0.717) is 0 Å². The highest BCUT2D eigenvalue weighted by atomic mass is 32.2. The Hall–Kier alpha value is -1.07. The van der Waals surface area contributed by atoms with Crippen molar-refractivity contribution in [2.24, 2.45) is 5.73 Å². The molecule has 0 aliphatic rings.